The van der Waals surface area contributed by atoms with Crippen molar-refractivity contribution in [3.63, 3.8) is 0 Å². The Labute approximate surface area is 106 Å². The average Bonchev–Trinajstić information content (AvgIpc) is 2.79. The summed E-state index contributed by atoms with van der Waals surface area (Å²) < 4.78 is 0. The fourth-order valence-corrected chi connectivity index (χ4v) is 1.10. The molecule has 0 radical (unpaired) electrons. The minimum absolute atomic E-state index is 0.0218. The molecule has 1 heterocycles. The molecule has 0 fully saturated rings. The van der Waals surface area contributed by atoms with Crippen LogP contribution in [0.5, 0.6) is 0 Å². The minimum atomic E-state index is -0.0218. The average molecular weight is 235 g/mol. The molecule has 0 spiro atoms. The Bertz CT molecular complexity index is 688. The summed E-state index contributed by atoms with van der Waals surface area (Å²) in [6.07, 6.45) is 3.69. The van der Waals surface area contributed by atoms with Crippen molar-refractivity contribution < 1.29 is 10.0 Å². The van der Waals surface area contributed by atoms with Gasteiger partial charge in [0.25, 0.3) is 5.88 Å². The number of hydrogen-bond acceptors (Lipinski definition) is 2. The van der Waals surface area contributed by atoms with Crippen LogP contribution in [0.1, 0.15) is 0 Å². The number of hydrogen-bond donors (Lipinski definition) is 2. The summed E-state index contributed by atoms with van der Waals surface area (Å²) in [5.41, 5.74) is 22.3. The summed E-state index contributed by atoms with van der Waals surface area (Å²) in [5, 5.41) is 9.60. The highest BCUT2D eigenvalue weighted by Gasteiger charge is 2.15. The molecule has 0 aromatic carbocycles. The van der Waals surface area contributed by atoms with Gasteiger partial charge in [-0.05, 0) is 46.7 Å². The third-order valence-corrected chi connectivity index (χ3v) is 1.87. The molecular weight excluding hydrogens is 224 g/mol. The van der Waals surface area contributed by atoms with Crippen LogP contribution in [-0.4, -0.2) is 23.7 Å². The van der Waals surface area contributed by atoms with Crippen LogP contribution in [0.2, 0.25) is 0 Å². The van der Waals surface area contributed by atoms with Crippen molar-refractivity contribution in [1.29, 1.82) is 0 Å². The fourth-order valence-electron chi connectivity index (χ4n) is 1.10. The lowest BCUT2D eigenvalue weighted by molar-refractivity contribution is -0.826. The zero-order valence-corrected chi connectivity index (χ0v) is 9.96. The van der Waals surface area contributed by atoms with Crippen molar-refractivity contribution in [1.82, 2.24) is 4.90 Å². The van der Waals surface area contributed by atoms with Gasteiger partial charge >= 0.3 is 0 Å². The Kier molecular flexibility index (Phi) is 5.36. The Balaban J connectivity index is 3.02. The summed E-state index contributed by atoms with van der Waals surface area (Å²) in [6, 6.07) is 0. The van der Waals surface area contributed by atoms with E-state index in [1.165, 1.54) is 0 Å². The van der Waals surface area contributed by atoms with Gasteiger partial charge in [0.05, 0.1) is 13.2 Å². The van der Waals surface area contributed by atoms with Crippen LogP contribution in [0.25, 0.3) is 0 Å². The molecule has 2 N–H and O–H groups in total. The van der Waals surface area contributed by atoms with Gasteiger partial charge < -0.3 is 5.11 Å². The molecule has 0 amide bonds. The van der Waals surface area contributed by atoms with Crippen LogP contribution in [0.3, 0.4) is 0 Å². The summed E-state index contributed by atoms with van der Waals surface area (Å²) in [5.74, 6) is -0.0218. The molecule has 1 rings (SSSR count). The van der Waals surface area contributed by atoms with Gasteiger partial charge in [-0.1, -0.05) is 5.73 Å². The highest BCUT2D eigenvalue weighted by Crippen LogP contribution is 1.98. The number of nitrogens with zero attached hydrogens (tertiary/aromatic N) is 1. The lowest BCUT2D eigenvalue weighted by Gasteiger charge is -2.10. The van der Waals surface area contributed by atoms with Crippen molar-refractivity contribution in [2.45, 2.75) is 0 Å². The molecule has 3 heteroatoms. The molecular formula is C15H11N2O+. The molecule has 0 aliphatic carbocycles. The molecule has 0 bridgehead atoms. The van der Waals surface area contributed by atoms with Gasteiger partial charge in [0.1, 0.15) is 6.20 Å². The quantitative estimate of drug-likeness (QED) is 0.516. The topological polar surface area (TPSA) is 27.9 Å². The molecule has 1 aliphatic heterocycles. The van der Waals surface area contributed by atoms with Gasteiger partial charge in [-0.3, -0.25) is 9.80 Å². The maximum absolute atomic E-state index is 9.60. The second-order valence-corrected chi connectivity index (χ2v) is 3.29. The fraction of sp³-hybridized carbons (Fsp3) is 0.133. The lowest BCUT2D eigenvalue weighted by Crippen LogP contribution is -3.03. The standard InChI is InChI=1S/C15H10N2O/c1-3-4-5-6-7-8-9-10-11-15(18)17-13-12-16(2)14-17/h12-13,18H,1,14H2,2H3/p+1. The van der Waals surface area contributed by atoms with E-state index in [0.29, 0.717) is 6.67 Å². The van der Waals surface area contributed by atoms with Gasteiger partial charge in [0, 0.05) is 5.73 Å². The van der Waals surface area contributed by atoms with Crippen molar-refractivity contribution in [3.8, 4) is 0 Å². The first-order chi connectivity index (χ1) is 8.74. The lowest BCUT2D eigenvalue weighted by atomic mass is 10.6. The van der Waals surface area contributed by atoms with E-state index in [4.69, 9.17) is 0 Å². The van der Waals surface area contributed by atoms with Crippen LogP contribution in [0, 0.1) is 0 Å². The molecule has 3 nitrogen and oxygen atoms in total. The number of quaternary nitrogens is 1. The second kappa shape index (κ2) is 7.35. The maximum atomic E-state index is 9.60. The van der Waals surface area contributed by atoms with Crippen molar-refractivity contribution in [2.24, 2.45) is 0 Å². The number of rotatable bonds is 1. The maximum Gasteiger partial charge on any atom is 0.251 e. The highest BCUT2D eigenvalue weighted by molar-refractivity contribution is 4.98. The first kappa shape index (κ1) is 13.1. The smallest absolute Gasteiger partial charge is 0.251 e. The summed E-state index contributed by atoms with van der Waals surface area (Å²) in [7, 11) is 1.98. The molecule has 0 aromatic rings. The van der Waals surface area contributed by atoms with E-state index in [2.05, 4.69) is 58.2 Å². The van der Waals surface area contributed by atoms with Crippen LogP contribution < -0.4 is 4.90 Å². The Morgan fingerprint density at radius 3 is 2.33 bits per heavy atom. The molecule has 1 aliphatic rings. The molecule has 18 heavy (non-hydrogen) atoms. The Hall–Kier alpha value is -2.94. The van der Waals surface area contributed by atoms with Gasteiger partial charge in [0.2, 0.25) is 0 Å². The van der Waals surface area contributed by atoms with Crippen molar-refractivity contribution in [2.75, 3.05) is 13.7 Å². The molecule has 1 atom stereocenters. The van der Waals surface area contributed by atoms with E-state index in [0.717, 1.165) is 4.90 Å². The van der Waals surface area contributed by atoms with Crippen molar-refractivity contribution in [3.05, 3.63) is 76.4 Å². The van der Waals surface area contributed by atoms with E-state index in [1.807, 2.05) is 13.2 Å². The molecule has 1 unspecified atom stereocenters. The third kappa shape index (κ3) is 4.72. The van der Waals surface area contributed by atoms with E-state index in [1.54, 1.807) is 11.1 Å². The zero-order chi connectivity index (χ0) is 13.2. The van der Waals surface area contributed by atoms with Crippen LogP contribution in [0.15, 0.2) is 76.4 Å². The largest absolute Gasteiger partial charge is 0.488 e. The third-order valence-electron chi connectivity index (χ3n) is 1.87. The van der Waals surface area contributed by atoms with E-state index in [9.17, 15) is 5.11 Å². The second-order valence-electron chi connectivity index (χ2n) is 3.29. The number of aliphatic hydroxyl groups excluding tert-OH is 1. The van der Waals surface area contributed by atoms with Gasteiger partial charge in [-0.15, -0.1) is 0 Å². The minimum Gasteiger partial charge on any atom is -0.488 e. The first-order valence-corrected chi connectivity index (χ1v) is 5.10. The highest BCUT2D eigenvalue weighted by atomic mass is 16.3. The SMILES string of the molecule is C=C=C=C=C=C=C=C=C=C=C(O)N1C=C[NH+](C)C1. The number of aliphatic hydroxyl groups is 1. The summed E-state index contributed by atoms with van der Waals surface area (Å²) in [4.78, 5) is 2.80. The first-order valence-electron chi connectivity index (χ1n) is 5.10. The van der Waals surface area contributed by atoms with E-state index >= 15 is 0 Å². The van der Waals surface area contributed by atoms with Gasteiger partial charge in [-0.25, -0.2) is 0 Å². The Morgan fingerprint density at radius 1 is 1.17 bits per heavy atom. The van der Waals surface area contributed by atoms with Gasteiger partial charge in [0.15, 0.2) is 6.67 Å². The molecule has 0 saturated carbocycles. The molecule has 0 saturated heterocycles. The zero-order valence-electron chi connectivity index (χ0n) is 9.96. The van der Waals surface area contributed by atoms with Crippen LogP contribution in [0.4, 0.5) is 0 Å². The van der Waals surface area contributed by atoms with E-state index in [-0.39, 0.29) is 5.88 Å². The van der Waals surface area contributed by atoms with Crippen LogP contribution in [-0.2, 0) is 0 Å². The summed E-state index contributed by atoms with van der Waals surface area (Å²) in [6.45, 7) is 3.96. The van der Waals surface area contributed by atoms with Crippen molar-refractivity contribution >= 4 is 0 Å². The summed E-state index contributed by atoms with van der Waals surface area (Å²) >= 11 is 0. The Morgan fingerprint density at radius 2 is 1.78 bits per heavy atom. The predicted molar refractivity (Wildman–Crippen MR) is 66.1 cm³/mol. The predicted octanol–water partition coefficient (Wildman–Crippen LogP) is 0.670. The monoisotopic (exact) mass is 235 g/mol. The van der Waals surface area contributed by atoms with Crippen LogP contribution >= 0.6 is 0 Å². The van der Waals surface area contributed by atoms with E-state index < -0.39 is 0 Å². The molecule has 86 valence electrons. The normalized spacial score (nSPS) is 14.5. The molecule has 0 aromatic heterocycles. The number of nitrogens with one attached hydrogen (secondary N) is 1. The van der Waals surface area contributed by atoms with Gasteiger partial charge in [-0.2, -0.15) is 0 Å².